The standard InChI is InChI=1S/C23H17ClN2O2/c1-2-27-14-26-23-20(13-25)21(16-7-10-17(24)11-8-16)19-12-9-15-5-3-4-6-18(15)22(19)28-23/h3-12,14,21H,2H2,1H3/t21-/m1/s1. The van der Waals surface area contributed by atoms with Gasteiger partial charge in [0.15, 0.2) is 6.40 Å². The Morgan fingerprint density at radius 2 is 1.93 bits per heavy atom. The Bertz CT molecular complexity index is 1130. The summed E-state index contributed by atoms with van der Waals surface area (Å²) < 4.78 is 11.4. The van der Waals surface area contributed by atoms with Crippen LogP contribution >= 0.6 is 11.6 Å². The van der Waals surface area contributed by atoms with Crippen molar-refractivity contribution in [3.8, 4) is 11.8 Å². The smallest absolute Gasteiger partial charge is 0.236 e. The molecule has 3 aromatic rings. The van der Waals surface area contributed by atoms with Gasteiger partial charge in [-0.1, -0.05) is 60.1 Å². The number of fused-ring (bicyclic) bond motifs is 3. The maximum atomic E-state index is 9.91. The summed E-state index contributed by atoms with van der Waals surface area (Å²) in [6.07, 6.45) is 1.32. The summed E-state index contributed by atoms with van der Waals surface area (Å²) in [6.45, 7) is 2.35. The van der Waals surface area contributed by atoms with E-state index in [0.717, 1.165) is 21.9 Å². The topological polar surface area (TPSA) is 54.6 Å². The Hall–Kier alpha value is -3.29. The van der Waals surface area contributed by atoms with Crippen molar-refractivity contribution in [3.63, 3.8) is 0 Å². The molecule has 0 bridgehead atoms. The molecule has 0 N–H and O–H groups in total. The molecule has 4 nitrogen and oxygen atoms in total. The van der Waals surface area contributed by atoms with Gasteiger partial charge in [-0.3, -0.25) is 0 Å². The molecular weight excluding hydrogens is 372 g/mol. The van der Waals surface area contributed by atoms with Gasteiger partial charge < -0.3 is 9.47 Å². The monoisotopic (exact) mass is 388 g/mol. The van der Waals surface area contributed by atoms with Crippen LogP contribution in [0.4, 0.5) is 0 Å². The quantitative estimate of drug-likeness (QED) is 0.418. The summed E-state index contributed by atoms with van der Waals surface area (Å²) in [7, 11) is 0. The summed E-state index contributed by atoms with van der Waals surface area (Å²) in [4.78, 5) is 4.29. The Labute approximate surface area is 168 Å². The van der Waals surface area contributed by atoms with Gasteiger partial charge in [-0.2, -0.15) is 10.3 Å². The second-order valence-electron chi connectivity index (χ2n) is 6.31. The Morgan fingerprint density at radius 3 is 2.68 bits per heavy atom. The van der Waals surface area contributed by atoms with Crippen molar-refractivity contribution in [1.29, 1.82) is 5.26 Å². The summed E-state index contributed by atoms with van der Waals surface area (Å²) in [5.74, 6) is 0.657. The van der Waals surface area contributed by atoms with E-state index in [2.05, 4.69) is 11.1 Å². The lowest BCUT2D eigenvalue weighted by atomic mass is 9.82. The number of ether oxygens (including phenoxy) is 2. The minimum Gasteiger partial charge on any atom is -0.483 e. The number of halogens is 1. The molecular formula is C23H17ClN2O2. The average molecular weight is 389 g/mol. The van der Waals surface area contributed by atoms with Crippen molar-refractivity contribution in [3.05, 3.63) is 88.3 Å². The molecule has 4 rings (SSSR count). The highest BCUT2D eigenvalue weighted by molar-refractivity contribution is 6.30. The molecule has 0 aliphatic carbocycles. The van der Waals surface area contributed by atoms with Crippen molar-refractivity contribution < 1.29 is 9.47 Å². The van der Waals surface area contributed by atoms with Crippen molar-refractivity contribution in [2.24, 2.45) is 4.99 Å². The van der Waals surface area contributed by atoms with Gasteiger partial charge in [-0.05, 0) is 30.0 Å². The number of nitrogens with zero attached hydrogens (tertiary/aromatic N) is 2. The fourth-order valence-corrected chi connectivity index (χ4v) is 3.53. The Kier molecular flexibility index (Phi) is 5.01. The maximum Gasteiger partial charge on any atom is 0.236 e. The summed E-state index contributed by atoms with van der Waals surface area (Å²) in [5, 5.41) is 12.6. The number of nitriles is 1. The van der Waals surface area contributed by atoms with Crippen molar-refractivity contribution in [2.45, 2.75) is 12.8 Å². The van der Waals surface area contributed by atoms with E-state index in [1.54, 1.807) is 0 Å². The lowest BCUT2D eigenvalue weighted by molar-refractivity contribution is 0.336. The highest BCUT2D eigenvalue weighted by atomic mass is 35.5. The number of hydrogen-bond donors (Lipinski definition) is 0. The average Bonchev–Trinajstić information content (AvgIpc) is 2.73. The number of benzene rings is 3. The van der Waals surface area contributed by atoms with Gasteiger partial charge in [-0.25, -0.2) is 0 Å². The van der Waals surface area contributed by atoms with Gasteiger partial charge in [-0.15, -0.1) is 0 Å². The van der Waals surface area contributed by atoms with E-state index in [9.17, 15) is 5.26 Å². The minimum absolute atomic E-state index is 0.250. The van der Waals surface area contributed by atoms with Crippen molar-refractivity contribution in [2.75, 3.05) is 6.61 Å². The first kappa shape index (κ1) is 18.1. The lowest BCUT2D eigenvalue weighted by Crippen LogP contribution is -2.16. The van der Waals surface area contributed by atoms with Crippen LogP contribution in [0, 0.1) is 11.3 Å². The van der Waals surface area contributed by atoms with Crippen LogP contribution in [0.1, 0.15) is 24.0 Å². The normalized spacial score (nSPS) is 16.0. The number of rotatable bonds is 4. The van der Waals surface area contributed by atoms with E-state index >= 15 is 0 Å². The van der Waals surface area contributed by atoms with Crippen LogP contribution in [-0.2, 0) is 4.74 Å². The molecule has 1 atom stereocenters. The van der Waals surface area contributed by atoms with E-state index in [1.807, 2.05) is 67.6 Å². The maximum absolute atomic E-state index is 9.91. The molecule has 0 aromatic heterocycles. The zero-order chi connectivity index (χ0) is 19.5. The fourth-order valence-electron chi connectivity index (χ4n) is 3.40. The zero-order valence-electron chi connectivity index (χ0n) is 15.2. The molecule has 0 radical (unpaired) electrons. The molecule has 0 saturated heterocycles. The van der Waals surface area contributed by atoms with Crippen LogP contribution in [0.15, 0.2) is 77.1 Å². The third-order valence-electron chi connectivity index (χ3n) is 4.67. The molecule has 1 heterocycles. The van der Waals surface area contributed by atoms with Gasteiger partial charge in [0.05, 0.1) is 12.5 Å². The molecule has 0 amide bonds. The third-order valence-corrected chi connectivity index (χ3v) is 4.93. The predicted molar refractivity (Wildman–Crippen MR) is 111 cm³/mol. The van der Waals surface area contributed by atoms with Gasteiger partial charge in [0, 0.05) is 16.0 Å². The molecule has 0 unspecified atom stereocenters. The van der Waals surface area contributed by atoms with Gasteiger partial charge in [0.2, 0.25) is 5.88 Å². The first-order valence-corrected chi connectivity index (χ1v) is 9.34. The highest BCUT2D eigenvalue weighted by Crippen LogP contribution is 2.46. The summed E-state index contributed by atoms with van der Waals surface area (Å²) >= 11 is 6.07. The van der Waals surface area contributed by atoms with Crippen LogP contribution in [0.3, 0.4) is 0 Å². The molecule has 5 heteroatoms. The minimum atomic E-state index is -0.301. The molecule has 138 valence electrons. The molecule has 28 heavy (non-hydrogen) atoms. The van der Waals surface area contributed by atoms with Crippen molar-refractivity contribution in [1.82, 2.24) is 0 Å². The zero-order valence-corrected chi connectivity index (χ0v) is 16.0. The van der Waals surface area contributed by atoms with Gasteiger partial charge >= 0.3 is 0 Å². The van der Waals surface area contributed by atoms with E-state index in [-0.39, 0.29) is 11.8 Å². The molecule has 3 aromatic carbocycles. The molecule has 1 aliphatic rings. The molecule has 0 fully saturated rings. The van der Waals surface area contributed by atoms with E-state index in [1.165, 1.54) is 6.40 Å². The first-order chi connectivity index (χ1) is 13.7. The fraction of sp³-hybridized carbons (Fsp3) is 0.130. The summed E-state index contributed by atoms with van der Waals surface area (Å²) in [5.41, 5.74) is 2.30. The van der Waals surface area contributed by atoms with E-state index in [0.29, 0.717) is 23.0 Å². The lowest BCUT2D eigenvalue weighted by Gasteiger charge is -2.27. The second-order valence-corrected chi connectivity index (χ2v) is 6.75. The predicted octanol–water partition coefficient (Wildman–Crippen LogP) is 5.82. The first-order valence-electron chi connectivity index (χ1n) is 8.96. The number of allylic oxidation sites excluding steroid dienone is 1. The van der Waals surface area contributed by atoms with Crippen molar-refractivity contribution >= 4 is 28.8 Å². The Balaban J connectivity index is 1.96. The molecule has 0 spiro atoms. The van der Waals surface area contributed by atoms with Crippen LogP contribution in [0.2, 0.25) is 5.02 Å². The summed E-state index contributed by atoms with van der Waals surface area (Å²) in [6, 6.07) is 21.8. The van der Waals surface area contributed by atoms with E-state index in [4.69, 9.17) is 21.1 Å². The van der Waals surface area contributed by atoms with Crippen LogP contribution < -0.4 is 4.74 Å². The second kappa shape index (κ2) is 7.75. The highest BCUT2D eigenvalue weighted by Gasteiger charge is 2.32. The van der Waals surface area contributed by atoms with Crippen LogP contribution in [-0.4, -0.2) is 13.0 Å². The van der Waals surface area contributed by atoms with Crippen LogP contribution in [0.5, 0.6) is 5.75 Å². The molecule has 1 aliphatic heterocycles. The SMILES string of the molecule is CCOC=NC1=C(C#N)[C@H](c2ccc(Cl)cc2)c2ccc3ccccc3c2O1. The number of aliphatic imine (C=N–C) groups is 1. The number of hydrogen-bond acceptors (Lipinski definition) is 4. The van der Waals surface area contributed by atoms with E-state index < -0.39 is 0 Å². The molecule has 0 saturated carbocycles. The van der Waals surface area contributed by atoms with Gasteiger partial charge in [0.25, 0.3) is 0 Å². The third kappa shape index (κ3) is 3.21. The Morgan fingerprint density at radius 1 is 1.14 bits per heavy atom. The van der Waals surface area contributed by atoms with Crippen LogP contribution in [0.25, 0.3) is 10.8 Å². The van der Waals surface area contributed by atoms with Gasteiger partial charge in [0.1, 0.15) is 17.4 Å². The largest absolute Gasteiger partial charge is 0.483 e.